The topological polar surface area (TPSA) is 28.2 Å². The van der Waals surface area contributed by atoms with Gasteiger partial charge in [0.25, 0.3) is 0 Å². The molecule has 0 unspecified atom stereocenters. The van der Waals surface area contributed by atoms with Crippen LogP contribution in [0.5, 0.6) is 0 Å². The zero-order chi connectivity index (χ0) is 13.7. The largest absolute Gasteiger partial charge is 0.354 e. The maximum Gasteiger partial charge on any atom is 0.129 e. The van der Waals surface area contributed by atoms with Crippen LogP contribution < -0.4 is 10.2 Å². The van der Waals surface area contributed by atoms with E-state index in [0.29, 0.717) is 12.1 Å². The van der Waals surface area contributed by atoms with Crippen LogP contribution in [0.25, 0.3) is 0 Å². The fraction of sp³-hybridized carbons (Fsp3) is 0.643. The van der Waals surface area contributed by atoms with E-state index < -0.39 is 0 Å². The molecule has 0 aliphatic rings. The zero-order valence-corrected chi connectivity index (χ0v) is 12.8. The number of halogens is 1. The molecule has 102 valence electrons. The average molecular weight is 270 g/mol. The minimum Gasteiger partial charge on any atom is -0.354 e. The van der Waals surface area contributed by atoms with Crippen LogP contribution in [0, 0.1) is 0 Å². The molecule has 0 aliphatic carbocycles. The molecule has 1 heterocycles. The van der Waals surface area contributed by atoms with E-state index in [9.17, 15) is 0 Å². The first-order valence-electron chi connectivity index (χ1n) is 6.60. The normalized spacial score (nSPS) is 11.3. The third-order valence-electron chi connectivity index (χ3n) is 2.88. The van der Waals surface area contributed by atoms with Gasteiger partial charge in [0.15, 0.2) is 0 Å². The number of aromatic nitrogens is 1. The van der Waals surface area contributed by atoms with Gasteiger partial charge in [-0.2, -0.15) is 0 Å². The molecular weight excluding hydrogens is 246 g/mol. The molecule has 0 radical (unpaired) electrons. The van der Waals surface area contributed by atoms with Gasteiger partial charge in [0.05, 0.1) is 5.02 Å². The molecule has 0 amide bonds. The smallest absolute Gasteiger partial charge is 0.129 e. The Balaban J connectivity index is 2.92. The summed E-state index contributed by atoms with van der Waals surface area (Å²) in [6.07, 6.45) is 1.75. The van der Waals surface area contributed by atoms with E-state index >= 15 is 0 Å². The molecule has 4 heteroatoms. The third kappa shape index (κ3) is 4.14. The first-order chi connectivity index (χ1) is 8.45. The molecule has 1 aromatic heterocycles. The molecule has 1 aromatic rings. The van der Waals surface area contributed by atoms with Crippen LogP contribution in [0.3, 0.4) is 0 Å². The summed E-state index contributed by atoms with van der Waals surface area (Å²) < 4.78 is 0. The van der Waals surface area contributed by atoms with Crippen molar-refractivity contribution in [2.24, 2.45) is 0 Å². The van der Waals surface area contributed by atoms with Gasteiger partial charge in [-0.25, -0.2) is 4.98 Å². The highest BCUT2D eigenvalue weighted by molar-refractivity contribution is 6.31. The summed E-state index contributed by atoms with van der Waals surface area (Å²) in [5.41, 5.74) is 1.11. The van der Waals surface area contributed by atoms with E-state index in [0.717, 1.165) is 29.5 Å². The van der Waals surface area contributed by atoms with E-state index in [1.807, 2.05) is 0 Å². The summed E-state index contributed by atoms with van der Waals surface area (Å²) in [7, 11) is 0. The van der Waals surface area contributed by atoms with Gasteiger partial charge in [-0.15, -0.1) is 0 Å². The van der Waals surface area contributed by atoms with Gasteiger partial charge in [0.1, 0.15) is 5.82 Å². The Morgan fingerprint density at radius 3 is 2.50 bits per heavy atom. The minimum absolute atomic E-state index is 0.439. The summed E-state index contributed by atoms with van der Waals surface area (Å²) in [6.45, 7) is 12.5. The SMILES string of the molecule is CCN(c1cc(CNC(C)C)c(Cl)cn1)C(C)C. The van der Waals surface area contributed by atoms with Crippen LogP contribution in [0.1, 0.15) is 40.2 Å². The van der Waals surface area contributed by atoms with E-state index in [4.69, 9.17) is 11.6 Å². The molecule has 18 heavy (non-hydrogen) atoms. The Morgan fingerprint density at radius 2 is 2.00 bits per heavy atom. The number of nitrogens with one attached hydrogen (secondary N) is 1. The second-order valence-corrected chi connectivity index (χ2v) is 5.46. The zero-order valence-electron chi connectivity index (χ0n) is 12.0. The number of anilines is 1. The first-order valence-corrected chi connectivity index (χ1v) is 6.98. The molecule has 0 atom stereocenters. The molecule has 1 rings (SSSR count). The van der Waals surface area contributed by atoms with Gasteiger partial charge in [-0.1, -0.05) is 25.4 Å². The summed E-state index contributed by atoms with van der Waals surface area (Å²) in [5.74, 6) is 0.998. The monoisotopic (exact) mass is 269 g/mol. The van der Waals surface area contributed by atoms with Crippen LogP contribution in [-0.4, -0.2) is 23.6 Å². The van der Waals surface area contributed by atoms with Crippen molar-refractivity contribution in [3.63, 3.8) is 0 Å². The Kier molecular flexibility index (Phi) is 5.89. The molecule has 0 bridgehead atoms. The number of hydrogen-bond donors (Lipinski definition) is 1. The summed E-state index contributed by atoms with van der Waals surface area (Å²) in [6, 6.07) is 2.97. The van der Waals surface area contributed by atoms with Crippen molar-refractivity contribution in [2.75, 3.05) is 11.4 Å². The van der Waals surface area contributed by atoms with Gasteiger partial charge in [0.2, 0.25) is 0 Å². The van der Waals surface area contributed by atoms with Crippen molar-refractivity contribution in [3.8, 4) is 0 Å². The van der Waals surface area contributed by atoms with Crippen LogP contribution in [0.4, 0.5) is 5.82 Å². The predicted molar refractivity (Wildman–Crippen MR) is 79.4 cm³/mol. The van der Waals surface area contributed by atoms with Crippen molar-refractivity contribution < 1.29 is 0 Å². The van der Waals surface area contributed by atoms with Crippen LogP contribution in [0.2, 0.25) is 5.02 Å². The maximum absolute atomic E-state index is 6.19. The number of nitrogens with zero attached hydrogens (tertiary/aromatic N) is 2. The van der Waals surface area contributed by atoms with Gasteiger partial charge in [0, 0.05) is 31.4 Å². The van der Waals surface area contributed by atoms with Crippen molar-refractivity contribution in [3.05, 3.63) is 22.8 Å². The standard InChI is InChI=1S/C14H24ClN3/c1-6-18(11(4)5)14-7-12(8-16-10(2)3)13(15)9-17-14/h7,9-11,16H,6,8H2,1-5H3. The highest BCUT2D eigenvalue weighted by Crippen LogP contribution is 2.21. The predicted octanol–water partition coefficient (Wildman–Crippen LogP) is 3.47. The Morgan fingerprint density at radius 1 is 1.33 bits per heavy atom. The Bertz CT molecular complexity index is 377. The lowest BCUT2D eigenvalue weighted by Crippen LogP contribution is -2.31. The summed E-state index contributed by atoms with van der Waals surface area (Å²) >= 11 is 6.19. The quantitative estimate of drug-likeness (QED) is 0.857. The van der Waals surface area contributed by atoms with E-state index in [1.165, 1.54) is 0 Å². The van der Waals surface area contributed by atoms with Crippen molar-refractivity contribution in [1.29, 1.82) is 0 Å². The number of rotatable bonds is 6. The van der Waals surface area contributed by atoms with E-state index in [-0.39, 0.29) is 0 Å². The molecule has 0 aliphatic heterocycles. The van der Waals surface area contributed by atoms with E-state index in [1.54, 1.807) is 6.20 Å². The van der Waals surface area contributed by atoms with Crippen molar-refractivity contribution in [2.45, 2.75) is 53.2 Å². The van der Waals surface area contributed by atoms with Gasteiger partial charge < -0.3 is 10.2 Å². The number of hydrogen-bond acceptors (Lipinski definition) is 3. The highest BCUT2D eigenvalue weighted by atomic mass is 35.5. The third-order valence-corrected chi connectivity index (χ3v) is 3.22. The van der Waals surface area contributed by atoms with Gasteiger partial charge >= 0.3 is 0 Å². The van der Waals surface area contributed by atoms with Crippen molar-refractivity contribution in [1.82, 2.24) is 10.3 Å². The van der Waals surface area contributed by atoms with Crippen molar-refractivity contribution >= 4 is 17.4 Å². The molecule has 1 N–H and O–H groups in total. The molecule has 0 saturated carbocycles. The fourth-order valence-corrected chi connectivity index (χ4v) is 2.04. The minimum atomic E-state index is 0.439. The highest BCUT2D eigenvalue weighted by Gasteiger charge is 2.12. The van der Waals surface area contributed by atoms with Gasteiger partial charge in [-0.3, -0.25) is 0 Å². The lowest BCUT2D eigenvalue weighted by molar-refractivity contribution is 0.588. The number of pyridine rings is 1. The first kappa shape index (κ1) is 15.3. The molecule has 0 aromatic carbocycles. The molecule has 0 fully saturated rings. The molecule has 0 saturated heterocycles. The van der Waals surface area contributed by atoms with E-state index in [2.05, 4.69) is 55.9 Å². The maximum atomic E-state index is 6.19. The lowest BCUT2D eigenvalue weighted by Gasteiger charge is -2.27. The fourth-order valence-electron chi connectivity index (χ4n) is 1.87. The van der Waals surface area contributed by atoms with Crippen LogP contribution in [-0.2, 0) is 6.54 Å². The van der Waals surface area contributed by atoms with Crippen LogP contribution in [0.15, 0.2) is 12.3 Å². The molecule has 3 nitrogen and oxygen atoms in total. The second kappa shape index (κ2) is 6.95. The summed E-state index contributed by atoms with van der Waals surface area (Å²) in [4.78, 5) is 6.68. The Hall–Kier alpha value is -0.800. The second-order valence-electron chi connectivity index (χ2n) is 5.05. The van der Waals surface area contributed by atoms with Crippen LogP contribution >= 0.6 is 11.6 Å². The average Bonchev–Trinajstić information content (AvgIpc) is 2.29. The molecular formula is C14H24ClN3. The Labute approximate surface area is 116 Å². The molecule has 0 spiro atoms. The summed E-state index contributed by atoms with van der Waals surface area (Å²) in [5, 5.41) is 4.11. The van der Waals surface area contributed by atoms with Gasteiger partial charge in [-0.05, 0) is 32.4 Å². The lowest BCUT2D eigenvalue weighted by atomic mass is 10.2.